The van der Waals surface area contributed by atoms with Crippen molar-refractivity contribution in [3.63, 3.8) is 0 Å². The second-order valence-electron chi connectivity index (χ2n) is 5.58. The van der Waals surface area contributed by atoms with E-state index < -0.39 is 5.97 Å². The summed E-state index contributed by atoms with van der Waals surface area (Å²) in [5.41, 5.74) is 1.10. The fourth-order valence-electron chi connectivity index (χ4n) is 2.15. The standard InChI is InChI=1S/C17H23N5O2/c1-12-19-15(18-9-10-22(2)3)11-16(20-12)21-14-8-6-5-7-13(14)17(23)24-4/h5-8,11H,9-10H2,1-4H3,(H2,18,19,20,21). The third kappa shape index (κ3) is 4.92. The summed E-state index contributed by atoms with van der Waals surface area (Å²) in [5, 5.41) is 6.43. The molecule has 1 aromatic heterocycles. The molecule has 2 aromatic rings. The molecule has 128 valence electrons. The van der Waals surface area contributed by atoms with Crippen LogP contribution in [0.25, 0.3) is 0 Å². The number of hydrogen-bond donors (Lipinski definition) is 2. The summed E-state index contributed by atoms with van der Waals surface area (Å²) in [6.45, 7) is 3.51. The first-order chi connectivity index (χ1) is 11.5. The highest BCUT2D eigenvalue weighted by atomic mass is 16.5. The molecule has 0 unspecified atom stereocenters. The summed E-state index contributed by atoms with van der Waals surface area (Å²) in [4.78, 5) is 22.7. The van der Waals surface area contributed by atoms with Crippen LogP contribution in [-0.4, -0.2) is 55.1 Å². The lowest BCUT2D eigenvalue weighted by Gasteiger charge is -2.13. The molecule has 7 nitrogen and oxygen atoms in total. The number of esters is 1. The molecule has 0 aliphatic rings. The lowest BCUT2D eigenvalue weighted by molar-refractivity contribution is 0.0602. The number of aryl methyl sites for hydroxylation is 1. The highest BCUT2D eigenvalue weighted by molar-refractivity contribution is 5.96. The van der Waals surface area contributed by atoms with E-state index in [1.165, 1.54) is 7.11 Å². The quantitative estimate of drug-likeness (QED) is 0.754. The molecule has 7 heteroatoms. The average molecular weight is 329 g/mol. The molecule has 0 bridgehead atoms. The van der Waals surface area contributed by atoms with Crippen molar-refractivity contribution in [1.82, 2.24) is 14.9 Å². The minimum atomic E-state index is -0.395. The van der Waals surface area contributed by atoms with E-state index in [9.17, 15) is 4.79 Å². The van der Waals surface area contributed by atoms with Gasteiger partial charge < -0.3 is 20.3 Å². The Kier molecular flexibility index (Phi) is 6.08. The number of para-hydroxylation sites is 1. The number of likely N-dealkylation sites (N-methyl/N-ethyl adjacent to an activating group) is 1. The molecule has 0 atom stereocenters. The first-order valence-corrected chi connectivity index (χ1v) is 7.68. The van der Waals surface area contributed by atoms with Gasteiger partial charge in [-0.15, -0.1) is 0 Å². The van der Waals surface area contributed by atoms with Crippen molar-refractivity contribution in [3.8, 4) is 0 Å². The number of methoxy groups -OCH3 is 1. The Morgan fingerprint density at radius 3 is 2.62 bits per heavy atom. The molecule has 0 aliphatic heterocycles. The van der Waals surface area contributed by atoms with Crippen molar-refractivity contribution in [1.29, 1.82) is 0 Å². The molecular weight excluding hydrogens is 306 g/mol. The fraction of sp³-hybridized carbons (Fsp3) is 0.353. The van der Waals surface area contributed by atoms with E-state index in [1.54, 1.807) is 12.1 Å². The average Bonchev–Trinajstić information content (AvgIpc) is 2.54. The smallest absolute Gasteiger partial charge is 0.339 e. The predicted octanol–water partition coefficient (Wildman–Crippen LogP) is 2.29. The van der Waals surface area contributed by atoms with Crippen LogP contribution in [0.5, 0.6) is 0 Å². The van der Waals surface area contributed by atoms with Crippen molar-refractivity contribution in [2.24, 2.45) is 0 Å². The largest absolute Gasteiger partial charge is 0.465 e. The highest BCUT2D eigenvalue weighted by Gasteiger charge is 2.12. The van der Waals surface area contributed by atoms with E-state index in [0.717, 1.165) is 18.9 Å². The van der Waals surface area contributed by atoms with E-state index in [2.05, 4.69) is 25.5 Å². The lowest BCUT2D eigenvalue weighted by atomic mass is 10.2. The van der Waals surface area contributed by atoms with Crippen LogP contribution >= 0.6 is 0 Å². The molecule has 0 amide bonds. The van der Waals surface area contributed by atoms with Gasteiger partial charge in [0.25, 0.3) is 0 Å². The van der Waals surface area contributed by atoms with Crippen LogP contribution in [0.4, 0.5) is 17.3 Å². The molecule has 0 spiro atoms. The van der Waals surface area contributed by atoms with Crippen LogP contribution in [0.15, 0.2) is 30.3 Å². The van der Waals surface area contributed by atoms with Gasteiger partial charge in [-0.2, -0.15) is 0 Å². The van der Waals surface area contributed by atoms with Gasteiger partial charge in [-0.1, -0.05) is 12.1 Å². The number of aromatic nitrogens is 2. The van der Waals surface area contributed by atoms with Crippen molar-refractivity contribution < 1.29 is 9.53 Å². The van der Waals surface area contributed by atoms with Gasteiger partial charge in [-0.05, 0) is 33.2 Å². The number of hydrogen-bond acceptors (Lipinski definition) is 7. The van der Waals surface area contributed by atoms with E-state index in [4.69, 9.17) is 4.74 Å². The van der Waals surface area contributed by atoms with Crippen LogP contribution in [-0.2, 0) is 4.74 Å². The molecule has 24 heavy (non-hydrogen) atoms. The molecule has 2 rings (SSSR count). The fourth-order valence-corrected chi connectivity index (χ4v) is 2.15. The maximum Gasteiger partial charge on any atom is 0.339 e. The van der Waals surface area contributed by atoms with Crippen LogP contribution in [0.3, 0.4) is 0 Å². The summed E-state index contributed by atoms with van der Waals surface area (Å²) in [6.07, 6.45) is 0. The second kappa shape index (κ2) is 8.26. The number of ether oxygens (including phenoxy) is 1. The van der Waals surface area contributed by atoms with Crippen molar-refractivity contribution in [2.45, 2.75) is 6.92 Å². The van der Waals surface area contributed by atoms with Crippen LogP contribution in [0.2, 0.25) is 0 Å². The lowest BCUT2D eigenvalue weighted by Crippen LogP contribution is -2.21. The van der Waals surface area contributed by atoms with Gasteiger partial charge >= 0.3 is 5.97 Å². The van der Waals surface area contributed by atoms with E-state index >= 15 is 0 Å². The number of nitrogens with one attached hydrogen (secondary N) is 2. The van der Waals surface area contributed by atoms with E-state index in [0.29, 0.717) is 22.9 Å². The minimum Gasteiger partial charge on any atom is -0.465 e. The topological polar surface area (TPSA) is 79.4 Å². The molecular formula is C17H23N5O2. The Bertz CT molecular complexity index is 703. The van der Waals surface area contributed by atoms with Gasteiger partial charge in [-0.25, -0.2) is 14.8 Å². The van der Waals surface area contributed by atoms with Gasteiger partial charge in [0.2, 0.25) is 0 Å². The highest BCUT2D eigenvalue weighted by Crippen LogP contribution is 2.21. The Hall–Kier alpha value is -2.67. The molecule has 0 aliphatic carbocycles. The summed E-state index contributed by atoms with van der Waals surface area (Å²) >= 11 is 0. The predicted molar refractivity (Wildman–Crippen MR) is 94.9 cm³/mol. The normalized spacial score (nSPS) is 10.5. The maximum atomic E-state index is 11.9. The molecule has 1 heterocycles. The Balaban J connectivity index is 2.18. The number of anilines is 3. The molecule has 0 radical (unpaired) electrons. The molecule has 0 saturated carbocycles. The Labute approximate surface area is 142 Å². The van der Waals surface area contributed by atoms with Crippen LogP contribution in [0.1, 0.15) is 16.2 Å². The Morgan fingerprint density at radius 1 is 1.21 bits per heavy atom. The zero-order chi connectivity index (χ0) is 17.5. The summed E-state index contributed by atoms with van der Waals surface area (Å²) in [5.74, 6) is 1.60. The number of nitrogens with zero attached hydrogens (tertiary/aromatic N) is 3. The van der Waals surface area contributed by atoms with Gasteiger partial charge in [0.15, 0.2) is 0 Å². The summed E-state index contributed by atoms with van der Waals surface area (Å²) in [6, 6.07) is 8.97. The number of benzene rings is 1. The SMILES string of the molecule is COC(=O)c1ccccc1Nc1cc(NCCN(C)C)nc(C)n1. The monoisotopic (exact) mass is 329 g/mol. The van der Waals surface area contributed by atoms with Crippen LogP contribution in [0, 0.1) is 6.92 Å². The molecule has 0 fully saturated rings. The molecule has 1 aromatic carbocycles. The zero-order valence-electron chi connectivity index (χ0n) is 14.5. The summed E-state index contributed by atoms with van der Waals surface area (Å²) < 4.78 is 4.81. The third-order valence-electron chi connectivity index (χ3n) is 3.30. The number of carbonyl (C=O) groups excluding carboxylic acids is 1. The zero-order valence-corrected chi connectivity index (χ0v) is 14.5. The maximum absolute atomic E-state index is 11.9. The molecule has 0 saturated heterocycles. The second-order valence-corrected chi connectivity index (χ2v) is 5.58. The number of carbonyl (C=O) groups is 1. The first-order valence-electron chi connectivity index (χ1n) is 7.68. The van der Waals surface area contributed by atoms with Gasteiger partial charge in [0.05, 0.1) is 18.4 Å². The number of rotatable bonds is 7. The van der Waals surface area contributed by atoms with Gasteiger partial charge in [0.1, 0.15) is 17.5 Å². The molecule has 2 N–H and O–H groups in total. The Morgan fingerprint density at radius 2 is 1.92 bits per heavy atom. The van der Waals surface area contributed by atoms with Crippen molar-refractivity contribution in [3.05, 3.63) is 41.7 Å². The summed E-state index contributed by atoms with van der Waals surface area (Å²) in [7, 11) is 5.40. The van der Waals surface area contributed by atoms with Gasteiger partial charge in [-0.3, -0.25) is 0 Å². The van der Waals surface area contributed by atoms with Crippen molar-refractivity contribution >= 4 is 23.3 Å². The first kappa shape index (κ1) is 17.7. The van der Waals surface area contributed by atoms with Gasteiger partial charge in [0, 0.05) is 19.2 Å². The third-order valence-corrected chi connectivity index (χ3v) is 3.30. The minimum absolute atomic E-state index is 0.395. The van der Waals surface area contributed by atoms with Crippen molar-refractivity contribution in [2.75, 3.05) is 44.9 Å². The van der Waals surface area contributed by atoms with E-state index in [-0.39, 0.29) is 0 Å². The van der Waals surface area contributed by atoms with E-state index in [1.807, 2.05) is 39.2 Å². The van der Waals surface area contributed by atoms with Crippen LogP contribution < -0.4 is 10.6 Å².